The van der Waals surface area contributed by atoms with Crippen LogP contribution in [0.3, 0.4) is 0 Å². The Morgan fingerprint density at radius 2 is 1.47 bits per heavy atom. The van der Waals surface area contributed by atoms with E-state index in [-0.39, 0.29) is 11.3 Å². The summed E-state index contributed by atoms with van der Waals surface area (Å²) in [4.78, 5) is 51.4. The first kappa shape index (κ1) is 27.3. The molecule has 0 aromatic heterocycles. The van der Waals surface area contributed by atoms with Crippen LogP contribution in [0.25, 0.3) is 0 Å². The molecule has 1 aromatic carbocycles. The van der Waals surface area contributed by atoms with Gasteiger partial charge >= 0.3 is 205 Å². The number of nitrogens with zero attached hydrogens (tertiary/aromatic N) is 1. The van der Waals surface area contributed by atoms with Crippen molar-refractivity contribution in [2.45, 2.75) is 65.3 Å². The second kappa shape index (κ2) is 12.5. The van der Waals surface area contributed by atoms with Gasteiger partial charge in [-0.2, -0.15) is 0 Å². The fourth-order valence-electron chi connectivity index (χ4n) is 3.21. The average molecular weight is 542 g/mol. The van der Waals surface area contributed by atoms with Crippen LogP contribution in [-0.2, 0) is 42.9 Å². The summed E-state index contributed by atoms with van der Waals surface area (Å²) in [6, 6.07) is 6.35. The van der Waals surface area contributed by atoms with E-state index < -0.39 is 54.5 Å². The van der Waals surface area contributed by atoms with Crippen molar-refractivity contribution in [1.29, 1.82) is 0 Å². The summed E-state index contributed by atoms with van der Waals surface area (Å²) in [6.45, 7) is 6.32. The normalized spacial score (nSPS) is 24.5. The van der Waals surface area contributed by atoms with Crippen molar-refractivity contribution >= 4 is 50.3 Å². The summed E-state index contributed by atoms with van der Waals surface area (Å²) in [5, 5.41) is 3.05. The molecule has 0 unspecified atom stereocenters. The van der Waals surface area contributed by atoms with Crippen LogP contribution in [0.15, 0.2) is 29.3 Å². The summed E-state index contributed by atoms with van der Waals surface area (Å²) in [6.07, 6.45) is -4.85. The average Bonchev–Trinajstić information content (AvgIpc) is 2.71. The van der Waals surface area contributed by atoms with Crippen molar-refractivity contribution in [3.8, 4) is 0 Å². The monoisotopic (exact) mass is 543 g/mol. The molecule has 1 saturated heterocycles. The summed E-state index contributed by atoms with van der Waals surface area (Å²) in [7, 11) is 0. The summed E-state index contributed by atoms with van der Waals surface area (Å²) in [5.74, 6) is -2.67. The number of carbonyl (C=O) groups is 4. The molecule has 0 spiro atoms. The van der Waals surface area contributed by atoms with Crippen LogP contribution in [0.1, 0.15) is 33.3 Å². The van der Waals surface area contributed by atoms with Gasteiger partial charge in [0.1, 0.15) is 0 Å². The number of hydrogen-bond donors (Lipinski definition) is 1. The zero-order valence-electron chi connectivity index (χ0n) is 19.4. The molecular weight excluding hydrogens is 515 g/mol. The Hall–Kier alpha value is -2.95. The van der Waals surface area contributed by atoms with Crippen LogP contribution in [0, 0.1) is 6.92 Å². The van der Waals surface area contributed by atoms with Crippen LogP contribution in [-0.4, -0.2) is 81.9 Å². The number of benzene rings is 1. The SMILES string of the molecule is CC(=O)OC[C@H]1O[C@@H](OC(C)=O)[C@H](N=C([Se])Nc2ccc(C)cc2)[C@@H](OC(C)=O)[C@@H]1OC(C)=O. The van der Waals surface area contributed by atoms with Gasteiger partial charge in [-0.1, -0.05) is 0 Å². The number of carbonyl (C=O) groups excluding carboxylic acids is 4. The second-order valence-electron chi connectivity index (χ2n) is 7.52. The Morgan fingerprint density at radius 1 is 0.912 bits per heavy atom. The fraction of sp³-hybridized carbons (Fsp3) is 0.500. The minimum absolute atomic E-state index is 0.270. The third-order valence-electron chi connectivity index (χ3n) is 4.52. The number of rotatable bonds is 7. The number of hydrogen-bond acceptors (Lipinski definition) is 10. The van der Waals surface area contributed by atoms with Crippen LogP contribution < -0.4 is 5.32 Å². The van der Waals surface area contributed by atoms with Gasteiger partial charge in [0.15, 0.2) is 0 Å². The molecular formula is C22H27N2O9Se. The molecule has 34 heavy (non-hydrogen) atoms. The van der Waals surface area contributed by atoms with E-state index in [1.54, 1.807) is 0 Å². The van der Waals surface area contributed by atoms with Crippen molar-refractivity contribution < 1.29 is 42.9 Å². The second-order valence-corrected chi connectivity index (χ2v) is 8.33. The first-order chi connectivity index (χ1) is 16.0. The Kier molecular flexibility index (Phi) is 10.0. The molecule has 12 heteroatoms. The van der Waals surface area contributed by atoms with Gasteiger partial charge in [0.05, 0.1) is 0 Å². The van der Waals surface area contributed by atoms with Gasteiger partial charge in [-0.25, -0.2) is 0 Å². The van der Waals surface area contributed by atoms with Crippen molar-refractivity contribution in [1.82, 2.24) is 0 Å². The first-order valence-corrected chi connectivity index (χ1v) is 11.2. The predicted octanol–water partition coefficient (Wildman–Crippen LogP) is 1.01. The zero-order chi connectivity index (χ0) is 25.4. The van der Waals surface area contributed by atoms with E-state index >= 15 is 0 Å². The fourth-order valence-corrected chi connectivity index (χ4v) is 3.71. The standard InChI is InChI=1S/C22H27N2O9Se/c1-11-6-8-16(9-7-11)23-22(34)24-18-20(31-14(4)27)19(30-13(3)26)17(10-29-12(2)25)33-21(18)32-15(5)28/h6-9,17-21H,10H2,1-5H3,(H,23,24)/t17-,18-,19-,20-,21-/m1/s1. The molecule has 1 radical (unpaired) electrons. The molecule has 1 fully saturated rings. The minimum atomic E-state index is -1.34. The van der Waals surface area contributed by atoms with Gasteiger partial charge < -0.3 is 0 Å². The van der Waals surface area contributed by atoms with E-state index in [2.05, 4.69) is 26.3 Å². The zero-order valence-corrected chi connectivity index (χ0v) is 21.1. The molecule has 1 aromatic rings. The molecule has 5 atom stereocenters. The number of esters is 4. The quantitative estimate of drug-likeness (QED) is 0.175. The van der Waals surface area contributed by atoms with Crippen molar-refractivity contribution in [3.05, 3.63) is 29.8 Å². The van der Waals surface area contributed by atoms with Crippen LogP contribution in [0.2, 0.25) is 0 Å². The third kappa shape index (κ3) is 8.44. The molecule has 11 nitrogen and oxygen atoms in total. The van der Waals surface area contributed by atoms with E-state index in [4.69, 9.17) is 23.7 Å². The van der Waals surface area contributed by atoms with Gasteiger partial charge in [0, 0.05) is 0 Å². The number of aliphatic imine (C=N–C) groups is 1. The van der Waals surface area contributed by atoms with E-state index in [1.165, 1.54) is 27.7 Å². The molecule has 0 amide bonds. The topological polar surface area (TPSA) is 139 Å². The van der Waals surface area contributed by atoms with Crippen LogP contribution in [0.4, 0.5) is 5.69 Å². The van der Waals surface area contributed by atoms with Crippen molar-refractivity contribution in [2.75, 3.05) is 11.9 Å². The van der Waals surface area contributed by atoms with E-state index in [0.717, 1.165) is 11.3 Å². The number of aryl methyl sites for hydroxylation is 1. The van der Waals surface area contributed by atoms with E-state index in [9.17, 15) is 19.2 Å². The number of ether oxygens (including phenoxy) is 5. The van der Waals surface area contributed by atoms with E-state index in [0.29, 0.717) is 0 Å². The van der Waals surface area contributed by atoms with Crippen LogP contribution in [0.5, 0.6) is 0 Å². The predicted molar refractivity (Wildman–Crippen MR) is 120 cm³/mol. The Bertz CT molecular complexity index is 935. The van der Waals surface area contributed by atoms with Gasteiger partial charge in [-0.3, -0.25) is 0 Å². The molecule has 1 aliphatic rings. The van der Waals surface area contributed by atoms with Crippen molar-refractivity contribution in [2.24, 2.45) is 4.99 Å². The Labute approximate surface area is 205 Å². The van der Waals surface area contributed by atoms with Gasteiger partial charge in [-0.05, 0) is 0 Å². The third-order valence-corrected chi connectivity index (χ3v) is 4.96. The molecule has 1 aliphatic heterocycles. The Morgan fingerprint density at radius 3 is 2.00 bits per heavy atom. The molecule has 0 bridgehead atoms. The number of anilines is 1. The maximum atomic E-state index is 11.9. The van der Waals surface area contributed by atoms with Gasteiger partial charge in [0.25, 0.3) is 0 Å². The Balaban J connectivity index is 2.45. The van der Waals surface area contributed by atoms with Gasteiger partial charge in [-0.15, -0.1) is 0 Å². The molecule has 0 aliphatic carbocycles. The maximum absolute atomic E-state index is 11.9. The molecule has 2 rings (SSSR count). The summed E-state index contributed by atoms with van der Waals surface area (Å²) < 4.78 is 27.2. The molecule has 0 saturated carbocycles. The first-order valence-electron chi connectivity index (χ1n) is 10.3. The molecule has 185 valence electrons. The molecule has 1 N–H and O–H groups in total. The van der Waals surface area contributed by atoms with E-state index in [1.807, 2.05) is 31.2 Å². The van der Waals surface area contributed by atoms with Gasteiger partial charge in [0.2, 0.25) is 0 Å². The summed E-state index contributed by atoms with van der Waals surface area (Å²) >= 11 is 2.77. The molecule has 1 heterocycles. The van der Waals surface area contributed by atoms with Crippen molar-refractivity contribution in [3.63, 3.8) is 0 Å². The van der Waals surface area contributed by atoms with Crippen LogP contribution >= 0.6 is 0 Å². The number of nitrogens with one attached hydrogen (secondary N) is 1. The number of amidine groups is 1. The summed E-state index contributed by atoms with van der Waals surface area (Å²) in [5.41, 5.74) is 1.79.